The maximum atomic E-state index is 11.9. The molecule has 2 aromatic heterocycles. The van der Waals surface area contributed by atoms with Gasteiger partial charge in [0.15, 0.2) is 0 Å². The molecule has 0 saturated heterocycles. The molecule has 0 bridgehead atoms. The van der Waals surface area contributed by atoms with Gasteiger partial charge in [-0.15, -0.1) is 23.1 Å². The first-order valence-electron chi connectivity index (χ1n) is 7.42. The number of amides is 1. The molecule has 0 spiro atoms. The van der Waals surface area contributed by atoms with E-state index in [0.29, 0.717) is 18.2 Å². The summed E-state index contributed by atoms with van der Waals surface area (Å²) in [6, 6.07) is 11.7. The van der Waals surface area contributed by atoms with Gasteiger partial charge in [-0.25, -0.2) is 9.97 Å². The van der Waals surface area contributed by atoms with Crippen LogP contribution in [0.4, 0.5) is 0 Å². The van der Waals surface area contributed by atoms with Gasteiger partial charge in [0.2, 0.25) is 11.8 Å². The topological polar surface area (TPSA) is 64.1 Å². The van der Waals surface area contributed by atoms with Gasteiger partial charge in [-0.3, -0.25) is 4.79 Å². The fourth-order valence-electron chi connectivity index (χ4n) is 2.14. The number of thiazole rings is 1. The lowest BCUT2D eigenvalue weighted by Gasteiger charge is -2.06. The molecule has 0 aliphatic rings. The maximum Gasteiger partial charge on any atom is 0.230 e. The predicted molar refractivity (Wildman–Crippen MR) is 98.4 cm³/mol. The molecule has 5 nitrogen and oxygen atoms in total. The van der Waals surface area contributed by atoms with Crippen LogP contribution in [0.1, 0.15) is 10.6 Å². The Labute approximate surface area is 148 Å². The van der Waals surface area contributed by atoms with E-state index in [4.69, 9.17) is 4.74 Å². The van der Waals surface area contributed by atoms with Crippen LogP contribution in [-0.2, 0) is 17.1 Å². The number of para-hydroxylation sites is 1. The molecule has 0 fully saturated rings. The Morgan fingerprint density at radius 2 is 2.21 bits per heavy atom. The summed E-state index contributed by atoms with van der Waals surface area (Å²) in [7, 11) is 1.57. The highest BCUT2D eigenvalue weighted by molar-refractivity contribution is 7.99. The van der Waals surface area contributed by atoms with Crippen LogP contribution in [0, 0.1) is 0 Å². The van der Waals surface area contributed by atoms with Crippen LogP contribution in [0.3, 0.4) is 0 Å². The van der Waals surface area contributed by atoms with E-state index in [2.05, 4.69) is 21.4 Å². The van der Waals surface area contributed by atoms with E-state index in [1.54, 1.807) is 36.4 Å². The number of hydrogen-bond acceptors (Lipinski definition) is 6. The zero-order chi connectivity index (χ0) is 16.8. The first-order valence-corrected chi connectivity index (χ1v) is 9.39. The third-order valence-electron chi connectivity index (χ3n) is 3.29. The molecule has 0 atom stereocenters. The number of nitrogens with one attached hydrogen (secondary N) is 1. The van der Waals surface area contributed by atoms with Crippen molar-refractivity contribution in [3.8, 4) is 5.88 Å². The largest absolute Gasteiger partial charge is 0.481 e. The van der Waals surface area contributed by atoms with Gasteiger partial charge in [0.25, 0.3) is 0 Å². The molecule has 0 radical (unpaired) electrons. The van der Waals surface area contributed by atoms with Gasteiger partial charge in [-0.05, 0) is 23.8 Å². The van der Waals surface area contributed by atoms with Crippen LogP contribution in [0.25, 0.3) is 10.2 Å². The van der Waals surface area contributed by atoms with Crippen LogP contribution in [0.5, 0.6) is 5.88 Å². The summed E-state index contributed by atoms with van der Waals surface area (Å²) >= 11 is 3.25. The van der Waals surface area contributed by atoms with E-state index in [9.17, 15) is 4.79 Å². The third-order valence-corrected chi connectivity index (χ3v) is 5.46. The molecular weight excluding hydrogens is 342 g/mol. The van der Waals surface area contributed by atoms with Gasteiger partial charge in [-0.1, -0.05) is 12.1 Å². The third kappa shape index (κ3) is 4.46. The molecule has 124 valence electrons. The average Bonchev–Trinajstić information content (AvgIpc) is 3.03. The van der Waals surface area contributed by atoms with Gasteiger partial charge in [0, 0.05) is 24.6 Å². The van der Waals surface area contributed by atoms with Crippen molar-refractivity contribution in [3.63, 3.8) is 0 Å². The molecule has 24 heavy (non-hydrogen) atoms. The van der Waals surface area contributed by atoms with Gasteiger partial charge < -0.3 is 10.1 Å². The number of aromatic nitrogens is 2. The molecule has 0 aliphatic carbocycles. The van der Waals surface area contributed by atoms with Crippen molar-refractivity contribution in [2.24, 2.45) is 0 Å². The number of carbonyl (C=O) groups excluding carboxylic acids is 1. The van der Waals surface area contributed by atoms with Crippen molar-refractivity contribution >= 4 is 39.2 Å². The SMILES string of the molecule is COc1cc(CNC(=O)CSCc2nc3ccccc3s2)ccn1. The van der Waals surface area contributed by atoms with Crippen LogP contribution in [0.15, 0.2) is 42.6 Å². The predicted octanol–water partition coefficient (Wildman–Crippen LogP) is 3.25. The number of methoxy groups -OCH3 is 1. The van der Waals surface area contributed by atoms with Crippen LogP contribution in [-0.4, -0.2) is 28.7 Å². The monoisotopic (exact) mass is 359 g/mol. The molecule has 7 heteroatoms. The van der Waals surface area contributed by atoms with Crippen molar-refractivity contribution in [2.75, 3.05) is 12.9 Å². The smallest absolute Gasteiger partial charge is 0.230 e. The van der Waals surface area contributed by atoms with E-state index in [1.807, 2.05) is 30.3 Å². The summed E-state index contributed by atoms with van der Waals surface area (Å²) in [5, 5.41) is 3.95. The summed E-state index contributed by atoms with van der Waals surface area (Å²) in [6.45, 7) is 0.472. The Hall–Kier alpha value is -2.12. The Balaban J connectivity index is 1.43. The van der Waals surface area contributed by atoms with Crippen LogP contribution < -0.4 is 10.1 Å². The second kappa shape index (κ2) is 8.12. The van der Waals surface area contributed by atoms with Crippen molar-refractivity contribution in [1.82, 2.24) is 15.3 Å². The molecule has 1 aromatic carbocycles. The maximum absolute atomic E-state index is 11.9. The molecule has 2 heterocycles. The van der Waals surface area contributed by atoms with Crippen molar-refractivity contribution in [2.45, 2.75) is 12.3 Å². The summed E-state index contributed by atoms with van der Waals surface area (Å²) < 4.78 is 6.25. The van der Waals surface area contributed by atoms with Crippen molar-refractivity contribution < 1.29 is 9.53 Å². The summed E-state index contributed by atoms with van der Waals surface area (Å²) in [4.78, 5) is 20.5. The molecule has 1 N–H and O–H groups in total. The van der Waals surface area contributed by atoms with E-state index < -0.39 is 0 Å². The highest BCUT2D eigenvalue weighted by Crippen LogP contribution is 2.24. The Morgan fingerprint density at radius 1 is 1.33 bits per heavy atom. The Kier molecular flexibility index (Phi) is 5.66. The number of carbonyl (C=O) groups is 1. The first kappa shape index (κ1) is 16.7. The lowest BCUT2D eigenvalue weighted by Crippen LogP contribution is -2.24. The standard InChI is InChI=1S/C17H17N3O2S2/c1-22-16-8-12(6-7-18-16)9-19-15(21)10-23-11-17-20-13-4-2-3-5-14(13)24-17/h2-8H,9-11H2,1H3,(H,19,21). The minimum absolute atomic E-state index is 0.0110. The normalized spacial score (nSPS) is 10.7. The number of nitrogens with zero attached hydrogens (tertiary/aromatic N) is 2. The van der Waals surface area contributed by atoms with Gasteiger partial charge in [0.05, 0.1) is 23.1 Å². The zero-order valence-electron chi connectivity index (χ0n) is 13.2. The number of rotatable bonds is 7. The van der Waals surface area contributed by atoms with E-state index in [-0.39, 0.29) is 5.91 Å². The highest BCUT2D eigenvalue weighted by atomic mass is 32.2. The molecule has 0 unspecified atom stereocenters. The van der Waals surface area contributed by atoms with Gasteiger partial charge in [0.1, 0.15) is 5.01 Å². The van der Waals surface area contributed by atoms with E-state index in [1.165, 1.54) is 4.70 Å². The number of ether oxygens (including phenoxy) is 1. The minimum Gasteiger partial charge on any atom is -0.481 e. The lowest BCUT2D eigenvalue weighted by atomic mass is 10.2. The number of benzene rings is 1. The molecule has 3 aromatic rings. The number of thioether (sulfide) groups is 1. The quantitative estimate of drug-likeness (QED) is 0.701. The van der Waals surface area contributed by atoms with E-state index in [0.717, 1.165) is 21.8 Å². The van der Waals surface area contributed by atoms with Crippen molar-refractivity contribution in [1.29, 1.82) is 0 Å². The summed E-state index contributed by atoms with van der Waals surface area (Å²) in [5.41, 5.74) is 1.99. The number of hydrogen-bond donors (Lipinski definition) is 1. The molecule has 1 amide bonds. The van der Waals surface area contributed by atoms with Crippen molar-refractivity contribution in [3.05, 3.63) is 53.2 Å². The molecule has 0 aliphatic heterocycles. The fourth-order valence-corrected chi connectivity index (χ4v) is 4.01. The lowest BCUT2D eigenvalue weighted by molar-refractivity contribution is -0.118. The Bertz CT molecular complexity index is 802. The first-order chi connectivity index (χ1) is 11.7. The van der Waals surface area contributed by atoms with Gasteiger partial charge in [-0.2, -0.15) is 0 Å². The van der Waals surface area contributed by atoms with Crippen LogP contribution >= 0.6 is 23.1 Å². The fraction of sp³-hybridized carbons (Fsp3) is 0.235. The Morgan fingerprint density at radius 3 is 3.04 bits per heavy atom. The summed E-state index contributed by atoms with van der Waals surface area (Å²) in [6.07, 6.45) is 1.67. The number of pyridine rings is 1. The number of fused-ring (bicyclic) bond motifs is 1. The van der Waals surface area contributed by atoms with Crippen LogP contribution in [0.2, 0.25) is 0 Å². The molecule has 3 rings (SSSR count). The average molecular weight is 359 g/mol. The second-order valence-electron chi connectivity index (χ2n) is 5.05. The van der Waals surface area contributed by atoms with E-state index >= 15 is 0 Å². The molecular formula is C17H17N3O2S2. The summed E-state index contributed by atoms with van der Waals surface area (Å²) in [5.74, 6) is 1.72. The minimum atomic E-state index is 0.0110. The zero-order valence-corrected chi connectivity index (χ0v) is 14.8. The molecule has 0 saturated carbocycles. The van der Waals surface area contributed by atoms with Gasteiger partial charge >= 0.3 is 0 Å². The highest BCUT2D eigenvalue weighted by Gasteiger charge is 2.06. The second-order valence-corrected chi connectivity index (χ2v) is 7.15.